The van der Waals surface area contributed by atoms with Gasteiger partial charge in [0.05, 0.1) is 0 Å². The lowest BCUT2D eigenvalue weighted by Crippen LogP contribution is -2.30. The molecular formula is C12H16FNO4S. The molecule has 1 unspecified atom stereocenters. The molecule has 19 heavy (non-hydrogen) atoms. The van der Waals surface area contributed by atoms with Crippen LogP contribution in [0, 0.1) is 18.7 Å². The highest BCUT2D eigenvalue weighted by atomic mass is 32.2. The van der Waals surface area contributed by atoms with Crippen molar-refractivity contribution in [3.05, 3.63) is 29.6 Å². The summed E-state index contributed by atoms with van der Waals surface area (Å²) in [6.07, 6.45) is -0.154. The SMILES string of the molecule is Cc1ccc(F)c(S(=O)(=O)NCC(C)CC(=O)O)c1. The number of carboxylic acid groups (broad SMARTS) is 1. The molecular weight excluding hydrogens is 273 g/mol. The van der Waals surface area contributed by atoms with Gasteiger partial charge in [-0.1, -0.05) is 13.0 Å². The molecule has 1 rings (SSSR count). The maximum Gasteiger partial charge on any atom is 0.303 e. The zero-order valence-electron chi connectivity index (χ0n) is 10.7. The Bertz CT molecular complexity index is 571. The summed E-state index contributed by atoms with van der Waals surface area (Å²) in [6, 6.07) is 3.80. The predicted molar refractivity (Wildman–Crippen MR) is 67.7 cm³/mol. The second-order valence-electron chi connectivity index (χ2n) is 4.49. The summed E-state index contributed by atoms with van der Waals surface area (Å²) in [5, 5.41) is 8.57. The first-order chi connectivity index (χ1) is 8.72. The molecule has 0 bridgehead atoms. The summed E-state index contributed by atoms with van der Waals surface area (Å²) in [4.78, 5) is 10.0. The molecule has 0 saturated heterocycles. The summed E-state index contributed by atoms with van der Waals surface area (Å²) in [5.41, 5.74) is 0.625. The van der Waals surface area contributed by atoms with Crippen molar-refractivity contribution in [3.8, 4) is 0 Å². The predicted octanol–water partition coefficient (Wildman–Crippen LogP) is 1.52. The number of halogens is 1. The number of sulfonamides is 1. The minimum atomic E-state index is -3.96. The lowest BCUT2D eigenvalue weighted by molar-refractivity contribution is -0.137. The molecule has 0 aliphatic carbocycles. The minimum absolute atomic E-state index is 0.0536. The van der Waals surface area contributed by atoms with Crippen molar-refractivity contribution in [3.63, 3.8) is 0 Å². The lowest BCUT2D eigenvalue weighted by atomic mass is 10.1. The molecule has 1 atom stereocenters. The third kappa shape index (κ3) is 4.60. The van der Waals surface area contributed by atoms with E-state index >= 15 is 0 Å². The van der Waals surface area contributed by atoms with Gasteiger partial charge in [0.2, 0.25) is 10.0 Å². The minimum Gasteiger partial charge on any atom is -0.481 e. The number of rotatable bonds is 6. The van der Waals surface area contributed by atoms with E-state index in [4.69, 9.17) is 5.11 Å². The highest BCUT2D eigenvalue weighted by Crippen LogP contribution is 2.16. The second-order valence-corrected chi connectivity index (χ2v) is 6.22. The number of carbonyl (C=O) groups is 1. The Morgan fingerprint density at radius 2 is 2.11 bits per heavy atom. The molecule has 0 radical (unpaired) electrons. The van der Waals surface area contributed by atoms with Gasteiger partial charge in [0, 0.05) is 13.0 Å². The lowest BCUT2D eigenvalue weighted by Gasteiger charge is -2.12. The Balaban J connectivity index is 2.81. The summed E-state index contributed by atoms with van der Waals surface area (Å²) in [7, 11) is -3.96. The van der Waals surface area contributed by atoms with Crippen LogP contribution in [0.2, 0.25) is 0 Å². The van der Waals surface area contributed by atoms with Crippen molar-refractivity contribution in [2.24, 2.45) is 5.92 Å². The van der Waals surface area contributed by atoms with E-state index in [1.165, 1.54) is 12.1 Å². The van der Waals surface area contributed by atoms with Crippen molar-refractivity contribution >= 4 is 16.0 Å². The molecule has 0 aromatic heterocycles. The third-order valence-electron chi connectivity index (χ3n) is 2.52. The van der Waals surface area contributed by atoms with Gasteiger partial charge >= 0.3 is 5.97 Å². The number of hydrogen-bond donors (Lipinski definition) is 2. The first-order valence-electron chi connectivity index (χ1n) is 5.70. The van der Waals surface area contributed by atoms with E-state index < -0.39 is 26.7 Å². The summed E-state index contributed by atoms with van der Waals surface area (Å²) >= 11 is 0. The van der Waals surface area contributed by atoms with Crippen LogP contribution in [0.3, 0.4) is 0 Å². The average Bonchev–Trinajstić information content (AvgIpc) is 2.29. The van der Waals surface area contributed by atoms with Crippen LogP contribution in [-0.2, 0) is 14.8 Å². The number of aryl methyl sites for hydroxylation is 1. The first-order valence-corrected chi connectivity index (χ1v) is 7.18. The standard InChI is InChI=1S/C12H16FNO4S/c1-8-3-4-10(13)11(5-8)19(17,18)14-7-9(2)6-12(15)16/h3-5,9,14H,6-7H2,1-2H3,(H,15,16). The van der Waals surface area contributed by atoms with Crippen LogP contribution in [0.5, 0.6) is 0 Å². The van der Waals surface area contributed by atoms with Gasteiger partial charge in [0.15, 0.2) is 0 Å². The molecule has 7 heteroatoms. The first kappa shape index (κ1) is 15.6. The smallest absolute Gasteiger partial charge is 0.303 e. The van der Waals surface area contributed by atoms with E-state index in [1.54, 1.807) is 13.8 Å². The topological polar surface area (TPSA) is 83.5 Å². The molecule has 2 N–H and O–H groups in total. The fourth-order valence-corrected chi connectivity index (χ4v) is 2.84. The molecule has 5 nitrogen and oxygen atoms in total. The molecule has 0 saturated carbocycles. The third-order valence-corrected chi connectivity index (χ3v) is 3.96. The molecule has 1 aromatic rings. The van der Waals surface area contributed by atoms with Crippen molar-refractivity contribution in [2.75, 3.05) is 6.54 Å². The zero-order valence-corrected chi connectivity index (χ0v) is 11.5. The van der Waals surface area contributed by atoms with Crippen LogP contribution in [0.15, 0.2) is 23.1 Å². The van der Waals surface area contributed by atoms with E-state index in [-0.39, 0.29) is 18.9 Å². The molecule has 0 spiro atoms. The highest BCUT2D eigenvalue weighted by Gasteiger charge is 2.20. The monoisotopic (exact) mass is 289 g/mol. The van der Waals surface area contributed by atoms with Gasteiger partial charge in [0.1, 0.15) is 10.7 Å². The molecule has 1 aromatic carbocycles. The maximum atomic E-state index is 13.5. The number of carboxylic acids is 1. The Hall–Kier alpha value is -1.47. The van der Waals surface area contributed by atoms with E-state index in [1.807, 2.05) is 0 Å². The molecule has 0 aliphatic rings. The van der Waals surface area contributed by atoms with Crippen molar-refractivity contribution in [1.82, 2.24) is 4.72 Å². The van der Waals surface area contributed by atoms with E-state index in [0.717, 1.165) is 6.07 Å². The van der Waals surface area contributed by atoms with Gasteiger partial charge in [-0.05, 0) is 30.5 Å². The van der Waals surface area contributed by atoms with Crippen LogP contribution in [-0.4, -0.2) is 26.0 Å². The Labute approximate surface area is 111 Å². The van der Waals surface area contributed by atoms with Crippen molar-refractivity contribution in [2.45, 2.75) is 25.2 Å². The fourth-order valence-electron chi connectivity index (χ4n) is 1.52. The summed E-state index contributed by atoms with van der Waals surface area (Å²) < 4.78 is 39.5. The fraction of sp³-hybridized carbons (Fsp3) is 0.417. The quantitative estimate of drug-likeness (QED) is 0.831. The normalized spacial score (nSPS) is 13.2. The Morgan fingerprint density at radius 1 is 1.47 bits per heavy atom. The van der Waals surface area contributed by atoms with Gasteiger partial charge in [-0.15, -0.1) is 0 Å². The largest absolute Gasteiger partial charge is 0.481 e. The molecule has 0 aliphatic heterocycles. The van der Waals surface area contributed by atoms with Gasteiger partial charge in [-0.2, -0.15) is 0 Å². The van der Waals surface area contributed by atoms with Crippen LogP contribution in [0.1, 0.15) is 18.9 Å². The van der Waals surface area contributed by atoms with E-state index in [9.17, 15) is 17.6 Å². The zero-order chi connectivity index (χ0) is 14.6. The van der Waals surface area contributed by atoms with Gasteiger partial charge in [-0.3, -0.25) is 4.79 Å². The number of aliphatic carboxylic acids is 1. The molecule has 0 fully saturated rings. The second kappa shape index (κ2) is 6.12. The number of nitrogens with one attached hydrogen (secondary N) is 1. The van der Waals surface area contributed by atoms with E-state index in [2.05, 4.69) is 4.72 Å². The van der Waals surface area contributed by atoms with E-state index in [0.29, 0.717) is 5.56 Å². The molecule has 0 heterocycles. The van der Waals surface area contributed by atoms with Crippen molar-refractivity contribution < 1.29 is 22.7 Å². The van der Waals surface area contributed by atoms with Gasteiger partial charge < -0.3 is 5.11 Å². The van der Waals surface area contributed by atoms with Crippen LogP contribution in [0.25, 0.3) is 0 Å². The van der Waals surface area contributed by atoms with Crippen LogP contribution in [0.4, 0.5) is 4.39 Å². The van der Waals surface area contributed by atoms with Crippen LogP contribution < -0.4 is 4.72 Å². The average molecular weight is 289 g/mol. The Kier molecular flexibility index (Phi) is 5.02. The van der Waals surface area contributed by atoms with Gasteiger partial charge in [0.25, 0.3) is 0 Å². The Morgan fingerprint density at radius 3 is 2.68 bits per heavy atom. The highest BCUT2D eigenvalue weighted by molar-refractivity contribution is 7.89. The maximum absolute atomic E-state index is 13.5. The van der Waals surface area contributed by atoms with Gasteiger partial charge in [-0.25, -0.2) is 17.5 Å². The van der Waals surface area contributed by atoms with Crippen LogP contribution >= 0.6 is 0 Å². The number of benzene rings is 1. The molecule has 0 amide bonds. The summed E-state index contributed by atoms with van der Waals surface area (Å²) in [5.74, 6) is -2.21. The number of hydrogen-bond acceptors (Lipinski definition) is 3. The molecule has 106 valence electrons. The summed E-state index contributed by atoms with van der Waals surface area (Å²) in [6.45, 7) is 3.21. The van der Waals surface area contributed by atoms with Crippen molar-refractivity contribution in [1.29, 1.82) is 0 Å².